The topological polar surface area (TPSA) is 76.7 Å². The van der Waals surface area contributed by atoms with E-state index < -0.39 is 0 Å². The lowest BCUT2D eigenvalue weighted by Crippen LogP contribution is -2.26. The molecule has 1 aliphatic rings. The lowest BCUT2D eigenvalue weighted by atomic mass is 10.1. The number of hydrogen-bond donors (Lipinski definition) is 2. The van der Waals surface area contributed by atoms with Crippen LogP contribution in [0.15, 0.2) is 24.3 Å². The highest BCUT2D eigenvalue weighted by Crippen LogP contribution is 2.17. The summed E-state index contributed by atoms with van der Waals surface area (Å²) < 4.78 is 11.0. The molecule has 0 aliphatic carbocycles. The fraction of sp³-hybridized carbons (Fsp3) is 0.600. The van der Waals surface area contributed by atoms with E-state index in [2.05, 4.69) is 24.5 Å². The lowest BCUT2D eigenvalue weighted by Gasteiger charge is -2.15. The Balaban J connectivity index is 1.70. The number of amides is 2. The molecular weight excluding hydrogens is 332 g/mol. The van der Waals surface area contributed by atoms with Crippen LogP contribution in [0.3, 0.4) is 0 Å². The molecule has 0 bridgehead atoms. The van der Waals surface area contributed by atoms with Crippen LogP contribution in [-0.4, -0.2) is 37.2 Å². The van der Waals surface area contributed by atoms with E-state index >= 15 is 0 Å². The zero-order chi connectivity index (χ0) is 18.9. The van der Waals surface area contributed by atoms with Gasteiger partial charge >= 0.3 is 0 Å². The zero-order valence-electron chi connectivity index (χ0n) is 15.9. The third-order valence-electron chi connectivity index (χ3n) is 4.19. The molecule has 1 aromatic carbocycles. The molecule has 6 heteroatoms. The minimum absolute atomic E-state index is 0.0853. The Hall–Kier alpha value is -1.92. The summed E-state index contributed by atoms with van der Waals surface area (Å²) in [5.41, 5.74) is 1.38. The molecule has 0 aromatic heterocycles. The molecule has 2 atom stereocenters. The van der Waals surface area contributed by atoms with Crippen molar-refractivity contribution in [3.05, 3.63) is 24.3 Å². The number of carbonyl (C=O) groups is 2. The van der Waals surface area contributed by atoms with Crippen molar-refractivity contribution in [3.8, 4) is 0 Å². The van der Waals surface area contributed by atoms with Crippen LogP contribution in [0.25, 0.3) is 0 Å². The average molecular weight is 362 g/mol. The minimum Gasteiger partial charge on any atom is -0.378 e. The molecule has 0 radical (unpaired) electrons. The van der Waals surface area contributed by atoms with Crippen molar-refractivity contribution in [1.29, 1.82) is 0 Å². The van der Waals surface area contributed by atoms with Gasteiger partial charge in [0.15, 0.2) is 0 Å². The predicted octanol–water partition coefficient (Wildman–Crippen LogP) is 3.58. The number of hydrogen-bond acceptors (Lipinski definition) is 4. The van der Waals surface area contributed by atoms with Crippen LogP contribution in [0, 0.1) is 5.92 Å². The third-order valence-corrected chi connectivity index (χ3v) is 4.19. The zero-order valence-corrected chi connectivity index (χ0v) is 15.9. The molecular formula is C20H30N2O4. The minimum atomic E-state index is -0.354. The Morgan fingerprint density at radius 2 is 1.81 bits per heavy atom. The van der Waals surface area contributed by atoms with E-state index in [9.17, 15) is 9.59 Å². The maximum absolute atomic E-state index is 12.0. The summed E-state index contributed by atoms with van der Waals surface area (Å²) in [5, 5.41) is 5.67. The van der Waals surface area contributed by atoms with Gasteiger partial charge in [0.25, 0.3) is 5.91 Å². The molecule has 2 amide bonds. The summed E-state index contributed by atoms with van der Waals surface area (Å²) in [4.78, 5) is 24.0. The highest BCUT2D eigenvalue weighted by atomic mass is 16.5. The van der Waals surface area contributed by atoms with Crippen LogP contribution in [0.4, 0.5) is 11.4 Å². The number of nitrogens with one attached hydrogen (secondary N) is 2. The molecule has 2 rings (SSSR count). The number of ether oxygens (including phenoxy) is 2. The van der Waals surface area contributed by atoms with Crippen molar-refractivity contribution in [2.24, 2.45) is 5.92 Å². The molecule has 1 aromatic rings. The van der Waals surface area contributed by atoms with Crippen molar-refractivity contribution < 1.29 is 19.1 Å². The van der Waals surface area contributed by atoms with Gasteiger partial charge in [0, 0.05) is 18.0 Å². The maximum atomic E-state index is 12.0. The third kappa shape index (κ3) is 7.14. The van der Waals surface area contributed by atoms with Crippen LogP contribution in [0.2, 0.25) is 0 Å². The molecule has 0 saturated carbocycles. The Bertz CT molecular complexity index is 580. The van der Waals surface area contributed by atoms with E-state index in [0.717, 1.165) is 19.3 Å². The second kappa shape index (κ2) is 10.3. The van der Waals surface area contributed by atoms with Crippen LogP contribution in [-0.2, 0) is 19.1 Å². The van der Waals surface area contributed by atoms with E-state index in [1.807, 2.05) is 6.92 Å². The van der Waals surface area contributed by atoms with Gasteiger partial charge in [0.2, 0.25) is 5.91 Å². The molecule has 0 unspecified atom stereocenters. The van der Waals surface area contributed by atoms with Gasteiger partial charge in [0.05, 0.1) is 19.1 Å². The Labute approximate surface area is 155 Å². The largest absolute Gasteiger partial charge is 0.378 e. The molecule has 2 N–H and O–H groups in total. The van der Waals surface area contributed by atoms with E-state index in [0.29, 0.717) is 36.9 Å². The highest BCUT2D eigenvalue weighted by Gasteiger charge is 2.23. The van der Waals surface area contributed by atoms with E-state index in [4.69, 9.17) is 9.47 Å². The van der Waals surface area contributed by atoms with Gasteiger partial charge in [-0.2, -0.15) is 0 Å². The molecule has 6 nitrogen and oxygen atoms in total. The van der Waals surface area contributed by atoms with E-state index in [-0.39, 0.29) is 24.0 Å². The van der Waals surface area contributed by atoms with Crippen molar-refractivity contribution in [3.63, 3.8) is 0 Å². The normalized spacial score (nSPS) is 17.9. The average Bonchev–Trinajstić information content (AvgIpc) is 3.10. The van der Waals surface area contributed by atoms with Crippen LogP contribution < -0.4 is 10.6 Å². The standard InChI is InChI=1S/C20H30N2O4/c1-14(2)13-15(3)25-12-10-19(23)21-16-6-8-17(9-7-16)22-20(24)18-5-4-11-26-18/h6-9,14-15,18H,4-5,10-13H2,1-3H3,(H,21,23)(H,22,24)/t15-,18-/m1/s1. The van der Waals surface area contributed by atoms with Crippen LogP contribution in [0.5, 0.6) is 0 Å². The molecule has 26 heavy (non-hydrogen) atoms. The van der Waals surface area contributed by atoms with E-state index in [1.165, 1.54) is 0 Å². The smallest absolute Gasteiger partial charge is 0.253 e. The van der Waals surface area contributed by atoms with Crippen LogP contribution in [0.1, 0.15) is 46.5 Å². The second-order valence-corrected chi connectivity index (χ2v) is 7.18. The number of benzene rings is 1. The fourth-order valence-electron chi connectivity index (χ4n) is 2.95. The first-order valence-electron chi connectivity index (χ1n) is 9.38. The molecule has 1 heterocycles. The van der Waals surface area contributed by atoms with Crippen molar-refractivity contribution in [1.82, 2.24) is 0 Å². The van der Waals surface area contributed by atoms with Crippen molar-refractivity contribution in [2.45, 2.75) is 58.7 Å². The van der Waals surface area contributed by atoms with Gasteiger partial charge in [-0.25, -0.2) is 0 Å². The summed E-state index contributed by atoms with van der Waals surface area (Å²) >= 11 is 0. The number of anilines is 2. The van der Waals surface area contributed by atoms with Gasteiger partial charge in [-0.05, 0) is 56.4 Å². The monoisotopic (exact) mass is 362 g/mol. The summed E-state index contributed by atoms with van der Waals surface area (Å²) in [7, 11) is 0. The quantitative estimate of drug-likeness (QED) is 0.704. The molecule has 1 saturated heterocycles. The summed E-state index contributed by atoms with van der Waals surface area (Å²) in [5.74, 6) is 0.378. The highest BCUT2D eigenvalue weighted by molar-refractivity contribution is 5.95. The van der Waals surface area contributed by atoms with Crippen LogP contribution >= 0.6 is 0 Å². The molecule has 144 valence electrons. The predicted molar refractivity (Wildman–Crippen MR) is 102 cm³/mol. The van der Waals surface area contributed by atoms with Gasteiger partial charge in [-0.3, -0.25) is 9.59 Å². The summed E-state index contributed by atoms with van der Waals surface area (Å²) in [6.45, 7) is 7.39. The van der Waals surface area contributed by atoms with Gasteiger partial charge in [0.1, 0.15) is 6.10 Å². The van der Waals surface area contributed by atoms with Crippen molar-refractivity contribution in [2.75, 3.05) is 23.8 Å². The summed E-state index contributed by atoms with van der Waals surface area (Å²) in [6, 6.07) is 7.07. The van der Waals surface area contributed by atoms with Crippen molar-refractivity contribution >= 4 is 23.2 Å². The first kappa shape index (κ1) is 20.4. The number of carbonyl (C=O) groups excluding carboxylic acids is 2. The van der Waals surface area contributed by atoms with Gasteiger partial charge in [-0.15, -0.1) is 0 Å². The first-order valence-corrected chi connectivity index (χ1v) is 9.38. The lowest BCUT2D eigenvalue weighted by molar-refractivity contribution is -0.124. The number of rotatable bonds is 9. The Kier molecular flexibility index (Phi) is 8.06. The molecule has 1 fully saturated rings. The van der Waals surface area contributed by atoms with E-state index in [1.54, 1.807) is 24.3 Å². The SMILES string of the molecule is CC(C)C[C@@H](C)OCCC(=O)Nc1ccc(NC(=O)[C@H]2CCCO2)cc1. The van der Waals surface area contributed by atoms with Gasteiger partial charge < -0.3 is 20.1 Å². The second-order valence-electron chi connectivity index (χ2n) is 7.18. The Morgan fingerprint density at radius 3 is 2.38 bits per heavy atom. The molecule has 1 aliphatic heterocycles. The van der Waals surface area contributed by atoms with Gasteiger partial charge in [-0.1, -0.05) is 13.8 Å². The maximum Gasteiger partial charge on any atom is 0.253 e. The Morgan fingerprint density at radius 1 is 1.15 bits per heavy atom. The first-order chi connectivity index (χ1) is 12.4. The summed E-state index contributed by atoms with van der Waals surface area (Å²) in [6.07, 6.45) is 2.80. The molecule has 0 spiro atoms. The fourth-order valence-corrected chi connectivity index (χ4v) is 2.95.